The van der Waals surface area contributed by atoms with Crippen molar-refractivity contribution >= 4 is 0 Å². The molecule has 1 aromatic carbocycles. The Hall–Kier alpha value is -0.820. The third kappa shape index (κ3) is 3.97. The third-order valence-electron chi connectivity index (χ3n) is 3.38. The average Bonchev–Trinajstić information content (AvgIpc) is 2.23. The SMILES string of the molecule is CCC(C)(C)CNCc1cc(C)ccc1C. The second kappa shape index (κ2) is 5.49. The van der Waals surface area contributed by atoms with Gasteiger partial charge in [0, 0.05) is 13.1 Å². The van der Waals surface area contributed by atoms with Crippen molar-refractivity contribution in [1.82, 2.24) is 5.32 Å². The van der Waals surface area contributed by atoms with E-state index in [1.807, 2.05) is 0 Å². The van der Waals surface area contributed by atoms with Crippen molar-refractivity contribution in [3.8, 4) is 0 Å². The number of aryl methyl sites for hydroxylation is 2. The summed E-state index contributed by atoms with van der Waals surface area (Å²) in [6.07, 6.45) is 1.22. The van der Waals surface area contributed by atoms with E-state index in [0.717, 1.165) is 13.1 Å². The fraction of sp³-hybridized carbons (Fsp3) is 0.600. The van der Waals surface area contributed by atoms with Gasteiger partial charge in [0.25, 0.3) is 0 Å². The number of nitrogens with one attached hydrogen (secondary N) is 1. The maximum absolute atomic E-state index is 3.56. The Balaban J connectivity index is 2.52. The molecular formula is C15H25N. The lowest BCUT2D eigenvalue weighted by Gasteiger charge is -2.23. The Morgan fingerprint density at radius 3 is 2.50 bits per heavy atom. The fourth-order valence-electron chi connectivity index (χ4n) is 1.65. The smallest absolute Gasteiger partial charge is 0.0208 e. The molecule has 1 heteroatoms. The summed E-state index contributed by atoms with van der Waals surface area (Å²) in [7, 11) is 0. The minimum Gasteiger partial charge on any atom is -0.312 e. The Labute approximate surface area is 100 Å². The molecule has 0 radical (unpaired) electrons. The predicted molar refractivity (Wildman–Crippen MR) is 71.7 cm³/mol. The van der Waals surface area contributed by atoms with Gasteiger partial charge in [-0.1, -0.05) is 44.5 Å². The molecule has 0 aliphatic rings. The lowest BCUT2D eigenvalue weighted by atomic mass is 9.90. The number of hydrogen-bond acceptors (Lipinski definition) is 1. The second-order valence-corrected chi connectivity index (χ2v) is 5.55. The zero-order valence-corrected chi connectivity index (χ0v) is 11.4. The number of rotatable bonds is 5. The van der Waals surface area contributed by atoms with Gasteiger partial charge in [0.05, 0.1) is 0 Å². The topological polar surface area (TPSA) is 12.0 Å². The van der Waals surface area contributed by atoms with Gasteiger partial charge in [-0.15, -0.1) is 0 Å². The Morgan fingerprint density at radius 2 is 1.88 bits per heavy atom. The van der Waals surface area contributed by atoms with Crippen molar-refractivity contribution in [2.24, 2.45) is 5.41 Å². The summed E-state index contributed by atoms with van der Waals surface area (Å²) in [6.45, 7) is 13.3. The van der Waals surface area contributed by atoms with Gasteiger partial charge in [0.15, 0.2) is 0 Å². The van der Waals surface area contributed by atoms with Crippen LogP contribution >= 0.6 is 0 Å². The van der Waals surface area contributed by atoms with Crippen LogP contribution in [0, 0.1) is 19.3 Å². The molecule has 1 nitrogen and oxygen atoms in total. The highest BCUT2D eigenvalue weighted by Crippen LogP contribution is 2.18. The first-order valence-corrected chi connectivity index (χ1v) is 6.21. The molecule has 0 aliphatic carbocycles. The Morgan fingerprint density at radius 1 is 1.19 bits per heavy atom. The molecule has 0 fully saturated rings. The summed E-state index contributed by atoms with van der Waals surface area (Å²) >= 11 is 0. The van der Waals surface area contributed by atoms with E-state index in [9.17, 15) is 0 Å². The van der Waals surface area contributed by atoms with Crippen LogP contribution in [0.1, 0.15) is 43.9 Å². The molecule has 90 valence electrons. The van der Waals surface area contributed by atoms with E-state index in [1.54, 1.807) is 0 Å². The molecule has 0 atom stereocenters. The van der Waals surface area contributed by atoms with Gasteiger partial charge >= 0.3 is 0 Å². The third-order valence-corrected chi connectivity index (χ3v) is 3.38. The van der Waals surface area contributed by atoms with Crippen LogP contribution in [-0.4, -0.2) is 6.54 Å². The highest BCUT2D eigenvalue weighted by atomic mass is 14.9. The van der Waals surface area contributed by atoms with Gasteiger partial charge in [-0.2, -0.15) is 0 Å². The number of hydrogen-bond donors (Lipinski definition) is 1. The molecular weight excluding hydrogens is 194 g/mol. The van der Waals surface area contributed by atoms with Gasteiger partial charge in [0.2, 0.25) is 0 Å². The van der Waals surface area contributed by atoms with E-state index in [0.29, 0.717) is 5.41 Å². The zero-order valence-electron chi connectivity index (χ0n) is 11.4. The maximum atomic E-state index is 3.56. The van der Waals surface area contributed by atoms with Crippen LogP contribution in [0.3, 0.4) is 0 Å². The van der Waals surface area contributed by atoms with Gasteiger partial charge < -0.3 is 5.32 Å². The standard InChI is InChI=1S/C15H25N/c1-6-15(4,5)11-16-10-14-9-12(2)7-8-13(14)3/h7-9,16H,6,10-11H2,1-5H3. The molecule has 0 heterocycles. The van der Waals surface area contributed by atoms with Crippen LogP contribution in [0.5, 0.6) is 0 Å². The zero-order chi connectivity index (χ0) is 12.2. The minimum absolute atomic E-state index is 0.401. The van der Waals surface area contributed by atoms with E-state index >= 15 is 0 Å². The maximum Gasteiger partial charge on any atom is 0.0208 e. The molecule has 1 rings (SSSR count). The molecule has 0 aliphatic heterocycles. The molecule has 0 saturated carbocycles. The summed E-state index contributed by atoms with van der Waals surface area (Å²) in [4.78, 5) is 0. The molecule has 16 heavy (non-hydrogen) atoms. The summed E-state index contributed by atoms with van der Waals surface area (Å²) in [6, 6.07) is 6.66. The normalized spacial score (nSPS) is 11.8. The highest BCUT2D eigenvalue weighted by molar-refractivity contribution is 5.30. The van der Waals surface area contributed by atoms with Crippen LogP contribution in [0.2, 0.25) is 0 Å². The molecule has 0 aromatic heterocycles. The van der Waals surface area contributed by atoms with E-state index < -0.39 is 0 Å². The summed E-state index contributed by atoms with van der Waals surface area (Å²) in [5, 5.41) is 3.56. The average molecular weight is 219 g/mol. The van der Waals surface area contributed by atoms with Crippen LogP contribution < -0.4 is 5.32 Å². The summed E-state index contributed by atoms with van der Waals surface area (Å²) < 4.78 is 0. The monoisotopic (exact) mass is 219 g/mol. The van der Waals surface area contributed by atoms with Crippen molar-refractivity contribution in [3.05, 3.63) is 34.9 Å². The van der Waals surface area contributed by atoms with E-state index in [2.05, 4.69) is 58.1 Å². The molecule has 0 saturated heterocycles. The quantitative estimate of drug-likeness (QED) is 0.793. The van der Waals surface area contributed by atoms with Crippen LogP contribution in [0.4, 0.5) is 0 Å². The van der Waals surface area contributed by atoms with Crippen molar-refractivity contribution in [2.75, 3.05) is 6.54 Å². The lowest BCUT2D eigenvalue weighted by molar-refractivity contribution is 0.327. The van der Waals surface area contributed by atoms with Gasteiger partial charge in [-0.3, -0.25) is 0 Å². The molecule has 0 bridgehead atoms. The van der Waals surface area contributed by atoms with Gasteiger partial charge in [-0.25, -0.2) is 0 Å². The van der Waals surface area contributed by atoms with Crippen LogP contribution in [0.25, 0.3) is 0 Å². The van der Waals surface area contributed by atoms with E-state index in [1.165, 1.54) is 23.1 Å². The Kier molecular flexibility index (Phi) is 4.55. The first-order chi connectivity index (χ1) is 7.44. The van der Waals surface area contributed by atoms with E-state index in [-0.39, 0.29) is 0 Å². The van der Waals surface area contributed by atoms with Gasteiger partial charge in [-0.05, 0) is 36.8 Å². The highest BCUT2D eigenvalue weighted by Gasteiger charge is 2.13. The van der Waals surface area contributed by atoms with Crippen molar-refractivity contribution in [1.29, 1.82) is 0 Å². The minimum atomic E-state index is 0.401. The van der Waals surface area contributed by atoms with Crippen LogP contribution in [-0.2, 0) is 6.54 Å². The van der Waals surface area contributed by atoms with Crippen molar-refractivity contribution < 1.29 is 0 Å². The van der Waals surface area contributed by atoms with E-state index in [4.69, 9.17) is 0 Å². The molecule has 0 amide bonds. The van der Waals surface area contributed by atoms with Crippen molar-refractivity contribution in [3.63, 3.8) is 0 Å². The number of benzene rings is 1. The molecule has 1 N–H and O–H groups in total. The summed E-state index contributed by atoms with van der Waals surface area (Å²) in [5.41, 5.74) is 4.55. The van der Waals surface area contributed by atoms with Crippen LogP contribution in [0.15, 0.2) is 18.2 Å². The largest absolute Gasteiger partial charge is 0.312 e. The molecule has 1 aromatic rings. The Bertz CT molecular complexity index is 339. The first-order valence-electron chi connectivity index (χ1n) is 6.21. The van der Waals surface area contributed by atoms with Gasteiger partial charge in [0.1, 0.15) is 0 Å². The second-order valence-electron chi connectivity index (χ2n) is 5.55. The molecule has 0 spiro atoms. The molecule has 0 unspecified atom stereocenters. The summed E-state index contributed by atoms with van der Waals surface area (Å²) in [5.74, 6) is 0. The predicted octanol–water partition coefficient (Wildman–Crippen LogP) is 3.83. The first kappa shape index (κ1) is 13.2. The van der Waals surface area contributed by atoms with Crippen molar-refractivity contribution in [2.45, 2.75) is 47.6 Å². The lowest BCUT2D eigenvalue weighted by Crippen LogP contribution is -2.28. The fourth-order valence-corrected chi connectivity index (χ4v) is 1.65.